The molecule has 3 amide bonds. The Bertz CT molecular complexity index is 751. The van der Waals surface area contributed by atoms with Crippen molar-refractivity contribution in [1.29, 1.82) is 0 Å². The van der Waals surface area contributed by atoms with E-state index < -0.39 is 18.2 Å². The second-order valence-corrected chi connectivity index (χ2v) is 8.90. The average Bonchev–Trinajstić information content (AvgIpc) is 3.22. The molecule has 0 bridgehead atoms. The average molecular weight is 446 g/mol. The van der Waals surface area contributed by atoms with Gasteiger partial charge in [-0.3, -0.25) is 9.59 Å². The van der Waals surface area contributed by atoms with Crippen LogP contribution < -0.4 is 16.0 Å². The quantitative estimate of drug-likeness (QED) is 0.441. The summed E-state index contributed by atoms with van der Waals surface area (Å²) >= 11 is 0. The van der Waals surface area contributed by atoms with E-state index in [4.69, 9.17) is 4.74 Å². The molecule has 32 heavy (non-hydrogen) atoms. The number of aliphatic hydroxyl groups is 1. The Morgan fingerprint density at radius 3 is 2.47 bits per heavy atom. The standard InChI is InChI=1S/C24H35N3O5/c28-15-20(14-19-11-12-25-22(19)29)26-23(30)21(13-17-7-3-1-4-8-17)27-24(31)32-16-18-9-5-2-6-10-18/h2,5-6,9-10,17,19-21,28H,1,3-4,7-8,11-16H2,(H,25,29)(H,26,30)(H,27,31)/t19?,20-,21-/m0/s1. The molecule has 2 aliphatic rings. The molecule has 1 aliphatic heterocycles. The second kappa shape index (κ2) is 12.4. The molecule has 1 saturated heterocycles. The first-order chi connectivity index (χ1) is 15.5. The van der Waals surface area contributed by atoms with E-state index in [0.29, 0.717) is 31.7 Å². The van der Waals surface area contributed by atoms with Gasteiger partial charge in [0, 0.05) is 12.5 Å². The number of rotatable bonds is 10. The van der Waals surface area contributed by atoms with Gasteiger partial charge in [-0.1, -0.05) is 62.4 Å². The molecule has 2 fully saturated rings. The van der Waals surface area contributed by atoms with Crippen LogP contribution in [0.1, 0.15) is 56.9 Å². The molecule has 0 aromatic heterocycles. The van der Waals surface area contributed by atoms with Crippen molar-refractivity contribution in [2.75, 3.05) is 13.2 Å². The third-order valence-electron chi connectivity index (χ3n) is 6.41. The van der Waals surface area contributed by atoms with Gasteiger partial charge in [0.1, 0.15) is 12.6 Å². The zero-order valence-corrected chi connectivity index (χ0v) is 18.6. The van der Waals surface area contributed by atoms with E-state index in [1.807, 2.05) is 30.3 Å². The van der Waals surface area contributed by atoms with Gasteiger partial charge in [-0.2, -0.15) is 0 Å². The maximum absolute atomic E-state index is 13.1. The van der Waals surface area contributed by atoms with Gasteiger partial charge in [0.05, 0.1) is 12.6 Å². The minimum atomic E-state index is -0.743. The first kappa shape index (κ1) is 24.0. The van der Waals surface area contributed by atoms with Crippen LogP contribution in [0.25, 0.3) is 0 Å². The molecule has 1 heterocycles. The van der Waals surface area contributed by atoms with Crippen LogP contribution in [0.4, 0.5) is 4.79 Å². The van der Waals surface area contributed by atoms with E-state index in [9.17, 15) is 19.5 Å². The zero-order chi connectivity index (χ0) is 22.8. The van der Waals surface area contributed by atoms with E-state index in [2.05, 4.69) is 16.0 Å². The molecule has 0 spiro atoms. The van der Waals surface area contributed by atoms with Crippen LogP contribution in [0.3, 0.4) is 0 Å². The highest BCUT2D eigenvalue weighted by Gasteiger charge is 2.31. The largest absolute Gasteiger partial charge is 0.445 e. The van der Waals surface area contributed by atoms with Crippen molar-refractivity contribution < 1.29 is 24.2 Å². The summed E-state index contributed by atoms with van der Waals surface area (Å²) in [6, 6.07) is 8.08. The molecule has 1 aromatic carbocycles. The molecular formula is C24H35N3O5. The van der Waals surface area contributed by atoms with Crippen molar-refractivity contribution >= 4 is 17.9 Å². The van der Waals surface area contributed by atoms with Crippen molar-refractivity contribution in [2.24, 2.45) is 11.8 Å². The van der Waals surface area contributed by atoms with Gasteiger partial charge in [-0.05, 0) is 30.7 Å². The zero-order valence-electron chi connectivity index (χ0n) is 18.6. The number of benzene rings is 1. The molecule has 1 aliphatic carbocycles. The second-order valence-electron chi connectivity index (χ2n) is 8.90. The van der Waals surface area contributed by atoms with Crippen LogP contribution >= 0.6 is 0 Å². The molecule has 176 valence electrons. The monoisotopic (exact) mass is 445 g/mol. The molecule has 1 unspecified atom stereocenters. The Balaban J connectivity index is 1.57. The third kappa shape index (κ3) is 7.51. The van der Waals surface area contributed by atoms with Crippen LogP contribution in [0.15, 0.2) is 30.3 Å². The fraction of sp³-hybridized carbons (Fsp3) is 0.625. The van der Waals surface area contributed by atoms with E-state index in [-0.39, 0.29) is 30.9 Å². The Hall–Kier alpha value is -2.61. The lowest BCUT2D eigenvalue weighted by Gasteiger charge is -2.28. The van der Waals surface area contributed by atoms with Crippen LogP contribution in [0, 0.1) is 11.8 Å². The highest BCUT2D eigenvalue weighted by molar-refractivity contribution is 5.86. The van der Waals surface area contributed by atoms with Crippen molar-refractivity contribution in [3.8, 4) is 0 Å². The van der Waals surface area contributed by atoms with Gasteiger partial charge in [-0.15, -0.1) is 0 Å². The molecule has 8 heteroatoms. The molecule has 1 saturated carbocycles. The molecule has 4 N–H and O–H groups in total. The summed E-state index contributed by atoms with van der Waals surface area (Å²) in [6.45, 7) is 0.485. The van der Waals surface area contributed by atoms with Gasteiger partial charge >= 0.3 is 6.09 Å². The molecular weight excluding hydrogens is 410 g/mol. The van der Waals surface area contributed by atoms with Crippen molar-refractivity contribution in [2.45, 2.75) is 70.1 Å². The molecule has 3 atom stereocenters. The smallest absolute Gasteiger partial charge is 0.408 e. The summed E-state index contributed by atoms with van der Waals surface area (Å²) in [5, 5.41) is 18.1. The van der Waals surface area contributed by atoms with E-state index in [1.54, 1.807) is 0 Å². The summed E-state index contributed by atoms with van der Waals surface area (Å²) in [5.41, 5.74) is 0.867. The molecule has 1 aromatic rings. The van der Waals surface area contributed by atoms with E-state index in [1.165, 1.54) is 6.42 Å². The van der Waals surface area contributed by atoms with Gasteiger partial charge < -0.3 is 25.8 Å². The highest BCUT2D eigenvalue weighted by atomic mass is 16.5. The number of amides is 3. The summed E-state index contributed by atoms with van der Waals surface area (Å²) in [7, 11) is 0. The maximum Gasteiger partial charge on any atom is 0.408 e. The lowest BCUT2D eigenvalue weighted by Crippen LogP contribution is -2.51. The first-order valence-corrected chi connectivity index (χ1v) is 11.7. The molecule has 0 radical (unpaired) electrons. The minimum Gasteiger partial charge on any atom is -0.445 e. The number of hydrogen-bond acceptors (Lipinski definition) is 5. The third-order valence-corrected chi connectivity index (χ3v) is 6.41. The molecule has 8 nitrogen and oxygen atoms in total. The predicted molar refractivity (Wildman–Crippen MR) is 119 cm³/mol. The number of nitrogens with one attached hydrogen (secondary N) is 3. The minimum absolute atomic E-state index is 0.0425. The Morgan fingerprint density at radius 1 is 1.06 bits per heavy atom. The van der Waals surface area contributed by atoms with Gasteiger partial charge in [-0.25, -0.2) is 4.79 Å². The number of carbonyl (C=O) groups is 3. The SMILES string of the molecule is O=C(N[C@@H](CC1CCCCC1)C(=O)N[C@H](CO)CC1CCNC1=O)OCc1ccccc1. The highest BCUT2D eigenvalue weighted by Crippen LogP contribution is 2.27. The number of alkyl carbamates (subject to hydrolysis) is 1. The van der Waals surface area contributed by atoms with Crippen molar-refractivity contribution in [3.63, 3.8) is 0 Å². The van der Waals surface area contributed by atoms with Gasteiger partial charge in [0.2, 0.25) is 11.8 Å². The topological polar surface area (TPSA) is 117 Å². The number of aliphatic hydroxyl groups excluding tert-OH is 1. The van der Waals surface area contributed by atoms with Crippen molar-refractivity contribution in [1.82, 2.24) is 16.0 Å². The summed E-state index contributed by atoms with van der Waals surface area (Å²) in [6.07, 6.45) is 6.52. The molecule has 3 rings (SSSR count). The number of carbonyl (C=O) groups excluding carboxylic acids is 3. The fourth-order valence-electron chi connectivity index (χ4n) is 4.59. The predicted octanol–water partition coefficient (Wildman–Crippen LogP) is 2.26. The van der Waals surface area contributed by atoms with Crippen LogP contribution in [0.5, 0.6) is 0 Å². The Labute approximate surface area is 189 Å². The fourth-order valence-corrected chi connectivity index (χ4v) is 4.59. The number of hydrogen-bond donors (Lipinski definition) is 4. The van der Waals surface area contributed by atoms with Crippen LogP contribution in [0.2, 0.25) is 0 Å². The van der Waals surface area contributed by atoms with Crippen LogP contribution in [-0.2, 0) is 20.9 Å². The first-order valence-electron chi connectivity index (χ1n) is 11.7. The van der Waals surface area contributed by atoms with Gasteiger partial charge in [0.15, 0.2) is 0 Å². The summed E-state index contributed by atoms with van der Waals surface area (Å²) in [4.78, 5) is 37.4. The lowest BCUT2D eigenvalue weighted by molar-refractivity contribution is -0.126. The van der Waals surface area contributed by atoms with E-state index >= 15 is 0 Å². The Kier molecular flexibility index (Phi) is 9.34. The number of ether oxygens (including phenoxy) is 1. The lowest BCUT2D eigenvalue weighted by atomic mass is 9.84. The van der Waals surface area contributed by atoms with Crippen molar-refractivity contribution in [3.05, 3.63) is 35.9 Å². The maximum atomic E-state index is 13.1. The normalized spacial score (nSPS) is 20.8. The van der Waals surface area contributed by atoms with E-state index in [0.717, 1.165) is 31.2 Å². The summed E-state index contributed by atoms with van der Waals surface area (Å²) < 4.78 is 5.32. The summed E-state index contributed by atoms with van der Waals surface area (Å²) in [5.74, 6) is -0.237. The Morgan fingerprint density at radius 2 is 1.81 bits per heavy atom. The van der Waals surface area contributed by atoms with Crippen LogP contribution in [-0.4, -0.2) is 48.2 Å². The van der Waals surface area contributed by atoms with Gasteiger partial charge in [0.25, 0.3) is 0 Å².